The van der Waals surface area contributed by atoms with Crippen molar-refractivity contribution >= 4 is 11.9 Å². The third-order valence-electron chi connectivity index (χ3n) is 4.11. The largest absolute Gasteiger partial charge is 0.507 e. The van der Waals surface area contributed by atoms with Gasteiger partial charge in [0, 0.05) is 5.56 Å². The molecule has 3 aromatic rings. The summed E-state index contributed by atoms with van der Waals surface area (Å²) in [4.78, 5) is 25.1. The topological polar surface area (TPSA) is 99.9 Å². The molecule has 8 heteroatoms. The first-order valence-electron chi connectivity index (χ1n) is 8.24. The maximum atomic E-state index is 12.6. The number of phenolic OH excluding ortho intramolecular Hbond substituents is 1. The predicted molar refractivity (Wildman–Crippen MR) is 99.9 cm³/mol. The second kappa shape index (κ2) is 7.83. The highest BCUT2D eigenvalue weighted by molar-refractivity contribution is 6.07. The number of carbonyl (C=O) groups is 2. The van der Waals surface area contributed by atoms with Crippen LogP contribution in [0.15, 0.2) is 48.5 Å². The van der Waals surface area contributed by atoms with E-state index in [1.54, 1.807) is 36.4 Å². The van der Waals surface area contributed by atoms with E-state index >= 15 is 0 Å². The number of nitrogens with zero attached hydrogens (tertiary/aromatic N) is 2. The van der Waals surface area contributed by atoms with Gasteiger partial charge in [0.1, 0.15) is 22.8 Å². The fourth-order valence-corrected chi connectivity index (χ4v) is 2.78. The maximum absolute atomic E-state index is 12.6. The lowest BCUT2D eigenvalue weighted by molar-refractivity contribution is 0.0549. The molecule has 3 rings (SSSR count). The average molecular weight is 382 g/mol. The first-order valence-corrected chi connectivity index (χ1v) is 8.24. The molecule has 0 atom stereocenters. The maximum Gasteiger partial charge on any atom is 0.357 e. The van der Waals surface area contributed by atoms with Crippen LogP contribution in [0.3, 0.4) is 0 Å². The van der Waals surface area contributed by atoms with Gasteiger partial charge >= 0.3 is 11.9 Å². The van der Waals surface area contributed by atoms with Gasteiger partial charge in [-0.3, -0.25) is 0 Å². The summed E-state index contributed by atoms with van der Waals surface area (Å²) in [5.74, 6) is -1.26. The van der Waals surface area contributed by atoms with Crippen molar-refractivity contribution in [3.8, 4) is 28.4 Å². The van der Waals surface area contributed by atoms with Crippen LogP contribution in [-0.4, -0.2) is 48.2 Å². The van der Waals surface area contributed by atoms with Crippen molar-refractivity contribution in [2.45, 2.75) is 0 Å². The zero-order valence-electron chi connectivity index (χ0n) is 15.5. The lowest BCUT2D eigenvalue weighted by Gasteiger charge is -2.07. The van der Waals surface area contributed by atoms with Gasteiger partial charge in [-0.25, -0.2) is 14.3 Å². The number of rotatable bonds is 5. The van der Waals surface area contributed by atoms with Crippen LogP contribution in [0.1, 0.15) is 20.8 Å². The van der Waals surface area contributed by atoms with Gasteiger partial charge in [0.05, 0.1) is 27.0 Å². The van der Waals surface area contributed by atoms with E-state index in [0.717, 1.165) is 0 Å². The van der Waals surface area contributed by atoms with Crippen LogP contribution < -0.4 is 4.74 Å². The van der Waals surface area contributed by atoms with Crippen molar-refractivity contribution in [3.63, 3.8) is 0 Å². The van der Waals surface area contributed by atoms with Crippen LogP contribution in [-0.2, 0) is 9.47 Å². The van der Waals surface area contributed by atoms with Crippen molar-refractivity contribution in [1.82, 2.24) is 9.78 Å². The molecule has 0 saturated heterocycles. The average Bonchev–Trinajstić information content (AvgIpc) is 3.14. The molecule has 0 bridgehead atoms. The van der Waals surface area contributed by atoms with E-state index in [9.17, 15) is 14.7 Å². The molecule has 0 spiro atoms. The monoisotopic (exact) mass is 382 g/mol. The van der Waals surface area contributed by atoms with Crippen molar-refractivity contribution in [3.05, 3.63) is 59.8 Å². The quantitative estimate of drug-likeness (QED) is 0.677. The number of hydrogen-bond donors (Lipinski definition) is 1. The van der Waals surface area contributed by atoms with Crippen molar-refractivity contribution in [2.75, 3.05) is 21.3 Å². The second-order valence-electron chi connectivity index (χ2n) is 5.69. The number of carbonyl (C=O) groups excluding carboxylic acids is 2. The van der Waals surface area contributed by atoms with Gasteiger partial charge in [-0.15, -0.1) is 0 Å². The molecule has 0 aliphatic carbocycles. The van der Waals surface area contributed by atoms with Gasteiger partial charge in [0.25, 0.3) is 0 Å². The molecule has 0 aliphatic heterocycles. The number of benzene rings is 2. The summed E-state index contributed by atoms with van der Waals surface area (Å²) in [5, 5.41) is 14.8. The Morgan fingerprint density at radius 2 is 1.64 bits per heavy atom. The highest BCUT2D eigenvalue weighted by Crippen LogP contribution is 2.36. The first kappa shape index (κ1) is 19.0. The second-order valence-corrected chi connectivity index (χ2v) is 5.69. The lowest BCUT2D eigenvalue weighted by Crippen LogP contribution is -2.15. The number of esters is 2. The normalized spacial score (nSPS) is 10.4. The molecule has 8 nitrogen and oxygen atoms in total. The summed E-state index contributed by atoms with van der Waals surface area (Å²) in [6, 6.07) is 13.3. The molecular weight excluding hydrogens is 364 g/mol. The van der Waals surface area contributed by atoms with Gasteiger partial charge in [0.2, 0.25) is 0 Å². The minimum Gasteiger partial charge on any atom is -0.507 e. The van der Waals surface area contributed by atoms with E-state index in [-0.39, 0.29) is 28.3 Å². The number of para-hydroxylation sites is 1. The molecule has 0 radical (unpaired) electrons. The smallest absolute Gasteiger partial charge is 0.357 e. The Hall–Kier alpha value is -3.81. The molecule has 144 valence electrons. The number of methoxy groups -OCH3 is 3. The number of phenols is 1. The highest BCUT2D eigenvalue weighted by Gasteiger charge is 2.32. The van der Waals surface area contributed by atoms with Crippen LogP contribution in [0.4, 0.5) is 0 Å². The van der Waals surface area contributed by atoms with Gasteiger partial charge in [-0.05, 0) is 30.3 Å². The van der Waals surface area contributed by atoms with Gasteiger partial charge in [-0.1, -0.05) is 18.2 Å². The van der Waals surface area contributed by atoms with Crippen LogP contribution in [0.25, 0.3) is 16.9 Å². The number of aromatic hydroxyl groups is 1. The summed E-state index contributed by atoms with van der Waals surface area (Å²) in [6.45, 7) is 0. The summed E-state index contributed by atoms with van der Waals surface area (Å²) in [5.41, 5.74) is 0.563. The Morgan fingerprint density at radius 3 is 2.25 bits per heavy atom. The minimum absolute atomic E-state index is 0.0625. The standard InChI is InChI=1S/C20H18N2O6/c1-26-13-9-10-15(23)14(11-13)17-16(19(24)27-2)18(20(25)28-3)22(21-17)12-7-5-4-6-8-12/h4-11,23H,1-3H3. The fraction of sp³-hybridized carbons (Fsp3) is 0.150. The zero-order chi connectivity index (χ0) is 20.3. The number of aromatic nitrogens is 2. The molecule has 1 N–H and O–H groups in total. The SMILES string of the molecule is COC(=O)c1c(-c2cc(OC)ccc2O)nn(-c2ccccc2)c1C(=O)OC. The molecule has 0 fully saturated rings. The molecule has 28 heavy (non-hydrogen) atoms. The van der Waals surface area contributed by atoms with E-state index in [1.807, 2.05) is 0 Å². The third-order valence-corrected chi connectivity index (χ3v) is 4.11. The van der Waals surface area contributed by atoms with Crippen LogP contribution in [0.2, 0.25) is 0 Å². The van der Waals surface area contributed by atoms with Gasteiger partial charge in [0.15, 0.2) is 5.69 Å². The molecule has 1 aromatic heterocycles. The Kier molecular flexibility index (Phi) is 5.30. The molecule has 0 unspecified atom stereocenters. The molecule has 0 saturated carbocycles. The van der Waals surface area contributed by atoms with E-state index in [2.05, 4.69) is 5.10 Å². The summed E-state index contributed by atoms with van der Waals surface area (Å²) in [7, 11) is 3.87. The van der Waals surface area contributed by atoms with Crippen LogP contribution >= 0.6 is 0 Å². The molecule has 2 aromatic carbocycles. The van der Waals surface area contributed by atoms with E-state index in [0.29, 0.717) is 11.4 Å². The minimum atomic E-state index is -0.792. The third kappa shape index (κ3) is 3.27. The molecule has 0 amide bonds. The van der Waals surface area contributed by atoms with E-state index in [1.165, 1.54) is 38.1 Å². The van der Waals surface area contributed by atoms with Gasteiger partial charge in [-0.2, -0.15) is 5.10 Å². The van der Waals surface area contributed by atoms with Gasteiger partial charge < -0.3 is 19.3 Å². The van der Waals surface area contributed by atoms with Crippen molar-refractivity contribution in [1.29, 1.82) is 0 Å². The Balaban J connectivity index is 2.39. The summed E-state index contributed by atoms with van der Waals surface area (Å²) < 4.78 is 16.2. The van der Waals surface area contributed by atoms with Crippen molar-refractivity contribution < 1.29 is 28.9 Å². The predicted octanol–water partition coefficient (Wildman–Crippen LogP) is 2.83. The fourth-order valence-electron chi connectivity index (χ4n) is 2.78. The van der Waals surface area contributed by atoms with E-state index < -0.39 is 11.9 Å². The Bertz CT molecular complexity index is 1030. The molecule has 0 aliphatic rings. The summed E-state index contributed by atoms with van der Waals surface area (Å²) in [6.07, 6.45) is 0. The van der Waals surface area contributed by atoms with E-state index in [4.69, 9.17) is 14.2 Å². The van der Waals surface area contributed by atoms with Crippen LogP contribution in [0, 0.1) is 0 Å². The molecular formula is C20H18N2O6. The zero-order valence-corrected chi connectivity index (χ0v) is 15.5. The van der Waals surface area contributed by atoms with Crippen molar-refractivity contribution in [2.24, 2.45) is 0 Å². The van der Waals surface area contributed by atoms with Crippen LogP contribution in [0.5, 0.6) is 11.5 Å². The number of ether oxygens (including phenoxy) is 3. The lowest BCUT2D eigenvalue weighted by atomic mass is 10.0. The number of hydrogen-bond acceptors (Lipinski definition) is 7. The summed E-state index contributed by atoms with van der Waals surface area (Å²) >= 11 is 0. The first-order chi connectivity index (χ1) is 13.5. The Morgan fingerprint density at radius 1 is 0.964 bits per heavy atom. The Labute approximate surface area is 160 Å². The molecule has 1 heterocycles. The highest BCUT2D eigenvalue weighted by atomic mass is 16.5.